The van der Waals surface area contributed by atoms with Crippen molar-refractivity contribution in [3.8, 4) is 23.8 Å². The van der Waals surface area contributed by atoms with Crippen molar-refractivity contribution in [1.29, 1.82) is 0 Å². The number of amides is 1. The number of nitrogens with one attached hydrogen (secondary N) is 2. The summed E-state index contributed by atoms with van der Waals surface area (Å²) in [5.74, 6) is 2.64. The van der Waals surface area contributed by atoms with E-state index in [4.69, 9.17) is 15.9 Å². The van der Waals surface area contributed by atoms with Crippen molar-refractivity contribution in [2.24, 2.45) is 5.10 Å². The van der Waals surface area contributed by atoms with E-state index in [9.17, 15) is 13.2 Å². The highest BCUT2D eigenvalue weighted by Gasteiger charge is 2.26. The number of hydrogen-bond acceptors (Lipinski definition) is 6. The van der Waals surface area contributed by atoms with Gasteiger partial charge in [0.1, 0.15) is 12.6 Å². The van der Waals surface area contributed by atoms with Crippen LogP contribution in [0.15, 0.2) is 81.2 Å². The van der Waals surface area contributed by atoms with E-state index in [1.165, 1.54) is 25.5 Å². The highest BCUT2D eigenvalue weighted by molar-refractivity contribution is 14.1. The largest absolute Gasteiger partial charge is 0.493 e. The maximum Gasteiger partial charge on any atom is 0.258 e. The number of benzene rings is 3. The van der Waals surface area contributed by atoms with Crippen molar-refractivity contribution in [3.63, 3.8) is 0 Å². The molecule has 0 aromatic heterocycles. The van der Waals surface area contributed by atoms with Gasteiger partial charge in [-0.25, -0.2) is 13.8 Å². The second-order valence-corrected chi connectivity index (χ2v) is 11.4. The van der Waals surface area contributed by atoms with Crippen LogP contribution >= 0.6 is 38.5 Å². The van der Waals surface area contributed by atoms with Crippen LogP contribution in [0.2, 0.25) is 0 Å². The molecule has 11 heteroatoms. The molecule has 3 rings (SSSR count). The lowest BCUT2D eigenvalue weighted by Crippen LogP contribution is -2.46. The van der Waals surface area contributed by atoms with Crippen molar-refractivity contribution in [3.05, 3.63) is 85.9 Å². The molecule has 0 aliphatic heterocycles. The zero-order valence-corrected chi connectivity index (χ0v) is 24.2. The van der Waals surface area contributed by atoms with Crippen molar-refractivity contribution in [2.45, 2.75) is 17.4 Å². The number of ether oxygens (including phenoxy) is 2. The maximum atomic E-state index is 13.0. The van der Waals surface area contributed by atoms with Gasteiger partial charge in [0, 0.05) is 3.57 Å². The Bertz CT molecular complexity index is 1410. The number of methoxy groups -OCH3 is 1. The predicted octanol–water partition coefficient (Wildman–Crippen LogP) is 4.11. The quantitative estimate of drug-likeness (QED) is 0.136. The van der Waals surface area contributed by atoms with E-state index in [-0.39, 0.29) is 17.9 Å². The lowest BCUT2D eigenvalue weighted by molar-refractivity contribution is -0.122. The summed E-state index contributed by atoms with van der Waals surface area (Å²) in [7, 11) is -2.48. The number of carbonyl (C=O) groups is 1. The van der Waals surface area contributed by atoms with Crippen LogP contribution in [0.4, 0.5) is 0 Å². The van der Waals surface area contributed by atoms with E-state index in [0.29, 0.717) is 21.5 Å². The highest BCUT2D eigenvalue weighted by atomic mass is 127. The minimum Gasteiger partial charge on any atom is -0.493 e. The van der Waals surface area contributed by atoms with Crippen LogP contribution in [-0.4, -0.2) is 40.3 Å². The average molecular weight is 696 g/mol. The minimum atomic E-state index is -3.96. The Labute approximate surface area is 238 Å². The molecule has 0 unspecified atom stereocenters. The Kier molecular flexibility index (Phi) is 10.5. The van der Waals surface area contributed by atoms with Gasteiger partial charge in [0.05, 0.1) is 22.7 Å². The number of nitrogens with zero attached hydrogens (tertiary/aromatic N) is 1. The van der Waals surface area contributed by atoms with Gasteiger partial charge in [0.15, 0.2) is 11.5 Å². The Morgan fingerprint density at radius 1 is 1.19 bits per heavy atom. The first-order chi connectivity index (χ1) is 17.7. The molecule has 0 spiro atoms. The van der Waals surface area contributed by atoms with Crippen LogP contribution in [0, 0.1) is 15.9 Å². The van der Waals surface area contributed by atoms with Gasteiger partial charge in [-0.15, -0.1) is 6.42 Å². The van der Waals surface area contributed by atoms with E-state index in [2.05, 4.69) is 59.7 Å². The average Bonchev–Trinajstić information content (AvgIpc) is 2.88. The second-order valence-electron chi connectivity index (χ2n) is 7.58. The molecule has 2 N–H and O–H groups in total. The van der Waals surface area contributed by atoms with E-state index in [1.807, 2.05) is 30.3 Å². The highest BCUT2D eigenvalue weighted by Crippen LogP contribution is 2.36. The molecule has 3 aromatic rings. The van der Waals surface area contributed by atoms with Crippen molar-refractivity contribution < 1.29 is 22.7 Å². The number of carbonyl (C=O) groups excluding carboxylic acids is 1. The summed E-state index contributed by atoms with van der Waals surface area (Å²) in [5, 5.41) is 4.02. The van der Waals surface area contributed by atoms with Crippen LogP contribution in [0.3, 0.4) is 0 Å². The van der Waals surface area contributed by atoms with Gasteiger partial charge in [0.25, 0.3) is 5.91 Å². The van der Waals surface area contributed by atoms with Gasteiger partial charge >= 0.3 is 0 Å². The van der Waals surface area contributed by atoms with Crippen LogP contribution in [0.25, 0.3) is 0 Å². The molecule has 0 fully saturated rings. The standard InChI is InChI=1S/C26H23BrIN3O5S/c1-3-13-36-25-22(27)14-19(16-24(25)35-2)17-29-30-26(32)23(15-18-7-5-4-6-8-18)31-37(33,34)21-11-9-20(28)10-12-21/h1,4-12,14,16-17,23,31H,13,15H2,2H3,(H,30,32)/b29-17-/t23-/m1/s1. The molecule has 0 saturated heterocycles. The summed E-state index contributed by atoms with van der Waals surface area (Å²) in [6.07, 6.45) is 6.79. The third kappa shape index (κ3) is 8.29. The van der Waals surface area contributed by atoms with E-state index in [1.54, 1.807) is 24.3 Å². The SMILES string of the molecule is C#CCOc1c(Br)cc(/C=N\NC(=O)[C@@H](Cc2ccccc2)NS(=O)(=O)c2ccc(I)cc2)cc1OC. The van der Waals surface area contributed by atoms with Gasteiger partial charge < -0.3 is 9.47 Å². The van der Waals surface area contributed by atoms with Crippen LogP contribution in [-0.2, 0) is 21.2 Å². The topological polar surface area (TPSA) is 106 Å². The lowest BCUT2D eigenvalue weighted by Gasteiger charge is -2.17. The van der Waals surface area contributed by atoms with E-state index in [0.717, 1.165) is 9.13 Å². The first-order valence-electron chi connectivity index (χ1n) is 10.8. The molecule has 37 heavy (non-hydrogen) atoms. The van der Waals surface area contributed by atoms with Crippen molar-refractivity contribution >= 4 is 60.7 Å². The zero-order valence-electron chi connectivity index (χ0n) is 19.6. The van der Waals surface area contributed by atoms with E-state index < -0.39 is 22.0 Å². The van der Waals surface area contributed by atoms with Crippen LogP contribution < -0.4 is 19.6 Å². The fourth-order valence-corrected chi connectivity index (χ4v) is 5.35. The third-order valence-corrected chi connectivity index (χ3v) is 7.76. The van der Waals surface area contributed by atoms with Crippen molar-refractivity contribution in [2.75, 3.05) is 13.7 Å². The smallest absolute Gasteiger partial charge is 0.258 e. The molecule has 1 atom stereocenters. The number of rotatable bonds is 11. The number of terminal acetylenes is 1. The maximum absolute atomic E-state index is 13.0. The van der Waals surface area contributed by atoms with Gasteiger partial charge in [-0.05, 0) is 92.5 Å². The molecule has 0 aliphatic rings. The molecule has 0 heterocycles. The van der Waals surface area contributed by atoms with Crippen LogP contribution in [0.1, 0.15) is 11.1 Å². The summed E-state index contributed by atoms with van der Waals surface area (Å²) in [4.78, 5) is 13.1. The predicted molar refractivity (Wildman–Crippen MR) is 154 cm³/mol. The fraction of sp³-hybridized carbons (Fsp3) is 0.154. The molecule has 8 nitrogen and oxygen atoms in total. The first kappa shape index (κ1) is 28.6. The van der Waals surface area contributed by atoms with Gasteiger partial charge in [-0.1, -0.05) is 36.3 Å². The molecule has 0 aliphatic carbocycles. The van der Waals surface area contributed by atoms with E-state index >= 15 is 0 Å². The molecule has 0 radical (unpaired) electrons. The second kappa shape index (κ2) is 13.6. The monoisotopic (exact) mass is 695 g/mol. The first-order valence-corrected chi connectivity index (χ1v) is 14.2. The molecule has 1 amide bonds. The molecule has 192 valence electrons. The lowest BCUT2D eigenvalue weighted by atomic mass is 10.1. The molecular formula is C26H23BrIN3O5S. The molecule has 0 saturated carbocycles. The Morgan fingerprint density at radius 2 is 1.89 bits per heavy atom. The normalized spacial score (nSPS) is 12.1. The Balaban J connectivity index is 1.79. The fourth-order valence-electron chi connectivity index (χ4n) is 3.22. The number of halogens is 2. The van der Waals surface area contributed by atoms with Crippen molar-refractivity contribution in [1.82, 2.24) is 10.1 Å². The molecule has 3 aromatic carbocycles. The van der Waals surface area contributed by atoms with Gasteiger partial charge in [-0.3, -0.25) is 4.79 Å². The summed E-state index contributed by atoms with van der Waals surface area (Å²) >= 11 is 5.50. The molecular weight excluding hydrogens is 673 g/mol. The van der Waals surface area contributed by atoms with Crippen LogP contribution in [0.5, 0.6) is 11.5 Å². The number of sulfonamides is 1. The Hall–Kier alpha value is -2.92. The zero-order chi connectivity index (χ0) is 26.8. The summed E-state index contributed by atoms with van der Waals surface area (Å²) in [6.45, 7) is 0.0688. The third-order valence-electron chi connectivity index (χ3n) is 4.96. The molecule has 0 bridgehead atoms. The van der Waals surface area contributed by atoms with Gasteiger partial charge in [-0.2, -0.15) is 9.82 Å². The number of hydrazone groups is 1. The number of hydrogen-bond donors (Lipinski definition) is 2. The summed E-state index contributed by atoms with van der Waals surface area (Å²) in [5.41, 5.74) is 3.81. The summed E-state index contributed by atoms with van der Waals surface area (Å²) < 4.78 is 40.8. The minimum absolute atomic E-state index is 0.0615. The summed E-state index contributed by atoms with van der Waals surface area (Å²) in [6, 6.07) is 17.7. The Morgan fingerprint density at radius 3 is 2.54 bits per heavy atom. The van der Waals surface area contributed by atoms with Gasteiger partial charge in [0.2, 0.25) is 10.0 Å².